The normalized spacial score (nSPS) is 18.1. The predicted octanol–water partition coefficient (Wildman–Crippen LogP) is 3.02. The second kappa shape index (κ2) is 18.8. The Kier molecular flexibility index (Phi) is 17.4. The molecule has 0 aromatic rings. The van der Waals surface area contributed by atoms with E-state index in [2.05, 4.69) is 4.90 Å². The van der Waals surface area contributed by atoms with Crippen molar-refractivity contribution in [2.45, 2.75) is 93.0 Å². The third-order valence-corrected chi connectivity index (χ3v) is 8.37. The molecule has 1 aliphatic heterocycles. The first-order valence-electron chi connectivity index (χ1n) is 16.1. The van der Waals surface area contributed by atoms with Gasteiger partial charge in [0, 0.05) is 52.4 Å². The minimum atomic E-state index is -3.16. The third kappa shape index (κ3) is 20.4. The van der Waals surface area contributed by atoms with Crippen LogP contribution < -0.4 is 0 Å². The maximum Gasteiger partial charge on any atom is 0.424 e. The van der Waals surface area contributed by atoms with E-state index in [0.29, 0.717) is 65.6 Å². The minimum Gasteiger partial charge on any atom is -0.459 e. The van der Waals surface area contributed by atoms with E-state index in [-0.39, 0.29) is 43.8 Å². The van der Waals surface area contributed by atoms with E-state index in [1.54, 1.807) is 0 Å². The topological polar surface area (TPSA) is 131 Å². The van der Waals surface area contributed by atoms with Gasteiger partial charge < -0.3 is 14.2 Å². The molecular formula is C31H62N4O9P+. The lowest BCUT2D eigenvalue weighted by molar-refractivity contribution is -0.158. The molecule has 45 heavy (non-hydrogen) atoms. The Morgan fingerprint density at radius 1 is 0.533 bits per heavy atom. The van der Waals surface area contributed by atoms with E-state index in [1.807, 2.05) is 90.9 Å². The van der Waals surface area contributed by atoms with Gasteiger partial charge in [-0.3, -0.25) is 34.0 Å². The molecule has 1 fully saturated rings. The van der Waals surface area contributed by atoms with Gasteiger partial charge in [-0.1, -0.05) is 0 Å². The SMILES string of the molecule is CCO[P+](O)(CN1CCN(CC(=O)OC(C)(C)C)CCN(CC(=O)OC(C)(C)C)CCN(CC(=O)OC(C)(C)C)CC1)OCC. The molecule has 1 heterocycles. The number of carbonyl (C=O) groups is 3. The second-order valence-electron chi connectivity index (χ2n) is 14.3. The van der Waals surface area contributed by atoms with Crippen LogP contribution in [0.1, 0.15) is 76.2 Å². The fraction of sp³-hybridized carbons (Fsp3) is 0.903. The van der Waals surface area contributed by atoms with Gasteiger partial charge in [0.2, 0.25) is 0 Å². The summed E-state index contributed by atoms with van der Waals surface area (Å²) in [6, 6.07) is 0. The van der Waals surface area contributed by atoms with Crippen molar-refractivity contribution in [3.05, 3.63) is 0 Å². The van der Waals surface area contributed by atoms with Gasteiger partial charge in [0.1, 0.15) is 16.8 Å². The van der Waals surface area contributed by atoms with Crippen LogP contribution in [0.4, 0.5) is 0 Å². The molecule has 1 N–H and O–H groups in total. The maximum absolute atomic E-state index is 12.9. The summed E-state index contributed by atoms with van der Waals surface area (Å²) in [6.45, 7) is 24.9. The highest BCUT2D eigenvalue weighted by atomic mass is 31.2. The van der Waals surface area contributed by atoms with E-state index in [0.717, 1.165) is 0 Å². The summed E-state index contributed by atoms with van der Waals surface area (Å²) in [5.41, 5.74) is -1.86. The number of ether oxygens (including phenoxy) is 3. The molecule has 0 aromatic heterocycles. The summed E-state index contributed by atoms with van der Waals surface area (Å²) < 4.78 is 28.2. The fourth-order valence-electron chi connectivity index (χ4n) is 4.64. The van der Waals surface area contributed by atoms with E-state index in [4.69, 9.17) is 23.3 Å². The van der Waals surface area contributed by atoms with Crippen molar-refractivity contribution in [3.8, 4) is 0 Å². The van der Waals surface area contributed by atoms with Crippen LogP contribution in [-0.2, 0) is 37.6 Å². The summed E-state index contributed by atoms with van der Waals surface area (Å²) in [6.07, 6.45) is 0.181. The first kappa shape index (κ1) is 41.6. The highest BCUT2D eigenvalue weighted by molar-refractivity contribution is 7.60. The molecule has 0 spiro atoms. The molecule has 13 nitrogen and oxygen atoms in total. The van der Waals surface area contributed by atoms with Gasteiger partial charge in [0.05, 0.1) is 32.8 Å². The summed E-state index contributed by atoms with van der Waals surface area (Å²) in [5.74, 6) is -1.01. The van der Waals surface area contributed by atoms with Crippen molar-refractivity contribution in [1.82, 2.24) is 19.6 Å². The number of carbonyl (C=O) groups excluding carboxylic acids is 3. The Labute approximate surface area is 272 Å². The maximum atomic E-state index is 12.9. The van der Waals surface area contributed by atoms with Crippen molar-refractivity contribution in [3.63, 3.8) is 0 Å². The Bertz CT molecular complexity index is 866. The lowest BCUT2D eigenvalue weighted by atomic mass is 10.2. The fourth-order valence-corrected chi connectivity index (χ4v) is 6.47. The van der Waals surface area contributed by atoms with Gasteiger partial charge in [-0.2, -0.15) is 13.9 Å². The molecule has 0 bridgehead atoms. The van der Waals surface area contributed by atoms with Crippen LogP contribution >= 0.6 is 7.94 Å². The molecule has 0 aliphatic carbocycles. The van der Waals surface area contributed by atoms with Gasteiger partial charge in [0.15, 0.2) is 6.29 Å². The van der Waals surface area contributed by atoms with Gasteiger partial charge in [0.25, 0.3) is 0 Å². The molecule has 0 unspecified atom stereocenters. The Hall–Kier alpha value is -1.44. The summed E-state index contributed by atoms with van der Waals surface area (Å²) >= 11 is 0. The van der Waals surface area contributed by atoms with E-state index < -0.39 is 24.7 Å². The van der Waals surface area contributed by atoms with Gasteiger partial charge in [-0.05, 0) is 76.2 Å². The van der Waals surface area contributed by atoms with Gasteiger partial charge in [-0.25, -0.2) is 0 Å². The largest absolute Gasteiger partial charge is 0.459 e. The molecule has 1 rings (SSSR count). The summed E-state index contributed by atoms with van der Waals surface area (Å²) in [7, 11) is -3.16. The monoisotopic (exact) mass is 665 g/mol. The number of rotatable bonds is 12. The molecular weight excluding hydrogens is 603 g/mol. The van der Waals surface area contributed by atoms with E-state index in [1.165, 1.54) is 0 Å². The van der Waals surface area contributed by atoms with Crippen molar-refractivity contribution in [2.24, 2.45) is 0 Å². The molecule has 0 radical (unpaired) electrons. The quantitative estimate of drug-likeness (QED) is 0.186. The summed E-state index contributed by atoms with van der Waals surface area (Å²) in [5, 5.41) is 0. The average molecular weight is 666 g/mol. The number of hydrogen-bond acceptors (Lipinski definition) is 13. The van der Waals surface area contributed by atoms with Gasteiger partial charge >= 0.3 is 25.9 Å². The molecule has 1 saturated heterocycles. The van der Waals surface area contributed by atoms with Crippen LogP contribution in [0, 0.1) is 0 Å². The molecule has 264 valence electrons. The zero-order valence-corrected chi connectivity index (χ0v) is 30.7. The van der Waals surface area contributed by atoms with Crippen LogP contribution in [0.5, 0.6) is 0 Å². The molecule has 0 amide bonds. The van der Waals surface area contributed by atoms with Crippen LogP contribution in [-0.4, -0.2) is 151 Å². The predicted molar refractivity (Wildman–Crippen MR) is 176 cm³/mol. The number of nitrogens with zero attached hydrogens (tertiary/aromatic N) is 4. The van der Waals surface area contributed by atoms with Crippen LogP contribution in [0.25, 0.3) is 0 Å². The Morgan fingerprint density at radius 3 is 1.00 bits per heavy atom. The lowest BCUT2D eigenvalue weighted by Crippen LogP contribution is -2.49. The summed E-state index contributed by atoms with van der Waals surface area (Å²) in [4.78, 5) is 57.8. The Balaban J connectivity index is 3.30. The second-order valence-corrected chi connectivity index (χ2v) is 16.4. The average Bonchev–Trinajstić information content (AvgIpc) is 2.82. The highest BCUT2D eigenvalue weighted by Gasteiger charge is 2.42. The molecule has 0 atom stereocenters. The van der Waals surface area contributed by atoms with Crippen molar-refractivity contribution in [2.75, 3.05) is 91.5 Å². The van der Waals surface area contributed by atoms with Crippen LogP contribution in [0.2, 0.25) is 0 Å². The standard InChI is InChI=1S/C31H62N4O9P/c1-12-40-45(39,41-13-2)25-35-20-18-33(23-27(37)43-30(6,7)8)16-14-32(22-26(36)42-29(3,4)5)15-17-34(19-21-35)24-28(38)44-31(9,10)11/h39H,12-25H2,1-11H3/q+1. The first-order chi connectivity index (χ1) is 20.6. The van der Waals surface area contributed by atoms with E-state index >= 15 is 0 Å². The van der Waals surface area contributed by atoms with Crippen molar-refractivity contribution < 1.29 is 42.5 Å². The highest BCUT2D eigenvalue weighted by Crippen LogP contribution is 2.57. The Morgan fingerprint density at radius 2 is 0.778 bits per heavy atom. The number of hydrogen-bond donors (Lipinski definition) is 1. The molecule has 0 saturated carbocycles. The smallest absolute Gasteiger partial charge is 0.424 e. The van der Waals surface area contributed by atoms with Crippen molar-refractivity contribution >= 4 is 25.9 Å². The minimum absolute atomic E-state index is 0.0736. The third-order valence-electron chi connectivity index (χ3n) is 6.29. The van der Waals surface area contributed by atoms with Gasteiger partial charge in [-0.15, -0.1) is 0 Å². The number of esters is 3. The molecule has 1 aliphatic rings. The van der Waals surface area contributed by atoms with Crippen LogP contribution in [0.3, 0.4) is 0 Å². The molecule has 0 aromatic carbocycles. The lowest BCUT2D eigenvalue weighted by Gasteiger charge is -2.34. The van der Waals surface area contributed by atoms with Crippen molar-refractivity contribution in [1.29, 1.82) is 0 Å². The zero-order chi connectivity index (χ0) is 34.5. The van der Waals surface area contributed by atoms with E-state index in [9.17, 15) is 19.3 Å². The van der Waals surface area contributed by atoms with Crippen LogP contribution in [0.15, 0.2) is 0 Å². The molecule has 14 heteroatoms. The first-order valence-corrected chi connectivity index (χ1v) is 17.8. The zero-order valence-electron chi connectivity index (χ0n) is 29.8.